The third kappa shape index (κ3) is 3.45. The molecule has 0 saturated heterocycles. The first-order chi connectivity index (χ1) is 8.15. The molecular weight excluding hydrogens is 236 g/mol. The summed E-state index contributed by atoms with van der Waals surface area (Å²) in [6, 6.07) is 6.57. The molecule has 1 atom stereocenters. The zero-order chi connectivity index (χ0) is 12.3. The normalized spacial score (nSPS) is 17.9. The minimum absolute atomic E-state index is 0.0216. The van der Waals surface area contributed by atoms with Gasteiger partial charge >= 0.3 is 0 Å². The molecule has 0 spiro atoms. The Hall–Kier alpha value is -1.06. The predicted octanol–water partition coefficient (Wildman–Crippen LogP) is 1.53. The van der Waals surface area contributed by atoms with Gasteiger partial charge in [-0.1, -0.05) is 17.7 Å². The summed E-state index contributed by atoms with van der Waals surface area (Å²) in [7, 11) is 0. The van der Waals surface area contributed by atoms with Crippen molar-refractivity contribution >= 4 is 17.5 Å². The molecule has 1 unspecified atom stereocenters. The summed E-state index contributed by atoms with van der Waals surface area (Å²) in [6.45, 7) is 3.03. The lowest BCUT2D eigenvalue weighted by atomic mass is 10.1. The average Bonchev–Trinajstić information content (AvgIpc) is 2.66. The summed E-state index contributed by atoms with van der Waals surface area (Å²) in [6.07, 6.45) is 2.07. The molecule has 3 nitrogen and oxygen atoms in total. The van der Waals surface area contributed by atoms with Gasteiger partial charge in [-0.15, -0.1) is 0 Å². The monoisotopic (exact) mass is 252 g/mol. The van der Waals surface area contributed by atoms with Gasteiger partial charge in [0.05, 0.1) is 0 Å². The van der Waals surface area contributed by atoms with E-state index < -0.39 is 0 Å². The van der Waals surface area contributed by atoms with Crippen LogP contribution in [0.4, 0.5) is 0 Å². The van der Waals surface area contributed by atoms with Crippen molar-refractivity contribution in [2.45, 2.75) is 25.8 Å². The van der Waals surface area contributed by atoms with Gasteiger partial charge in [0.1, 0.15) is 0 Å². The van der Waals surface area contributed by atoms with E-state index >= 15 is 0 Å². The Morgan fingerprint density at radius 3 is 2.88 bits per heavy atom. The molecule has 17 heavy (non-hydrogen) atoms. The van der Waals surface area contributed by atoms with E-state index in [1.165, 1.54) is 18.1 Å². The number of carbonyl (C=O) groups is 1. The van der Waals surface area contributed by atoms with Crippen LogP contribution in [-0.2, 0) is 17.6 Å². The number of fused-ring (bicyclic) bond motifs is 1. The summed E-state index contributed by atoms with van der Waals surface area (Å²) in [5.41, 5.74) is 2.72. The zero-order valence-electron chi connectivity index (χ0n) is 9.92. The van der Waals surface area contributed by atoms with Crippen LogP contribution in [0, 0.1) is 0 Å². The quantitative estimate of drug-likeness (QED) is 0.798. The third-order valence-corrected chi connectivity index (χ3v) is 3.27. The lowest BCUT2D eigenvalue weighted by Crippen LogP contribution is -2.36. The van der Waals surface area contributed by atoms with Crippen LogP contribution in [0.1, 0.15) is 18.1 Å². The smallest absolute Gasteiger partial charge is 0.216 e. The number of amides is 1. The van der Waals surface area contributed by atoms with Crippen molar-refractivity contribution in [3.8, 4) is 0 Å². The maximum atomic E-state index is 10.7. The molecule has 0 aromatic heterocycles. The van der Waals surface area contributed by atoms with E-state index in [0.29, 0.717) is 12.6 Å². The Labute approximate surface area is 107 Å². The fourth-order valence-electron chi connectivity index (χ4n) is 2.25. The number of hydrogen-bond acceptors (Lipinski definition) is 2. The summed E-state index contributed by atoms with van der Waals surface area (Å²) in [5.74, 6) is 0.0216. The molecule has 4 heteroatoms. The van der Waals surface area contributed by atoms with Crippen LogP contribution in [0.3, 0.4) is 0 Å². The van der Waals surface area contributed by atoms with Crippen molar-refractivity contribution in [3.05, 3.63) is 34.3 Å². The molecule has 1 amide bonds. The van der Waals surface area contributed by atoms with Crippen molar-refractivity contribution in [2.24, 2.45) is 0 Å². The van der Waals surface area contributed by atoms with Crippen molar-refractivity contribution in [3.63, 3.8) is 0 Å². The van der Waals surface area contributed by atoms with E-state index in [1.807, 2.05) is 12.1 Å². The Kier molecular flexibility index (Phi) is 4.02. The van der Waals surface area contributed by atoms with Gasteiger partial charge < -0.3 is 10.6 Å². The molecule has 0 bridgehead atoms. The highest BCUT2D eigenvalue weighted by atomic mass is 35.5. The molecule has 1 aliphatic carbocycles. The maximum Gasteiger partial charge on any atom is 0.216 e. The Bertz CT molecular complexity index is 420. The summed E-state index contributed by atoms with van der Waals surface area (Å²) in [4.78, 5) is 10.7. The molecule has 0 heterocycles. The van der Waals surface area contributed by atoms with Gasteiger partial charge in [0.25, 0.3) is 0 Å². The summed E-state index contributed by atoms with van der Waals surface area (Å²) in [5, 5.41) is 7.03. The summed E-state index contributed by atoms with van der Waals surface area (Å²) >= 11 is 5.96. The van der Waals surface area contributed by atoms with Crippen molar-refractivity contribution < 1.29 is 4.79 Å². The highest BCUT2D eigenvalue weighted by Gasteiger charge is 2.20. The van der Waals surface area contributed by atoms with E-state index in [1.54, 1.807) is 0 Å². The molecule has 92 valence electrons. The second-order valence-corrected chi connectivity index (χ2v) is 4.89. The highest BCUT2D eigenvalue weighted by molar-refractivity contribution is 6.30. The Balaban J connectivity index is 1.78. The van der Waals surface area contributed by atoms with E-state index in [4.69, 9.17) is 11.6 Å². The van der Waals surface area contributed by atoms with E-state index in [0.717, 1.165) is 24.4 Å². The van der Waals surface area contributed by atoms with E-state index in [2.05, 4.69) is 16.7 Å². The fraction of sp³-hybridized carbons (Fsp3) is 0.462. The molecule has 0 radical (unpaired) electrons. The molecule has 2 rings (SSSR count). The van der Waals surface area contributed by atoms with Crippen molar-refractivity contribution in [2.75, 3.05) is 13.1 Å². The number of benzene rings is 1. The lowest BCUT2D eigenvalue weighted by Gasteiger charge is -2.11. The number of carbonyl (C=O) groups excluding carboxylic acids is 1. The van der Waals surface area contributed by atoms with Crippen LogP contribution in [-0.4, -0.2) is 25.0 Å². The highest BCUT2D eigenvalue weighted by Crippen LogP contribution is 2.25. The molecule has 1 aliphatic rings. The van der Waals surface area contributed by atoms with E-state index in [9.17, 15) is 4.79 Å². The predicted molar refractivity (Wildman–Crippen MR) is 69.3 cm³/mol. The zero-order valence-corrected chi connectivity index (χ0v) is 10.7. The first-order valence-corrected chi connectivity index (χ1v) is 6.28. The fourth-order valence-corrected chi connectivity index (χ4v) is 2.44. The van der Waals surface area contributed by atoms with E-state index in [-0.39, 0.29) is 5.91 Å². The largest absolute Gasteiger partial charge is 0.355 e. The first kappa shape index (κ1) is 12.4. The topological polar surface area (TPSA) is 41.1 Å². The number of nitrogens with one attached hydrogen (secondary N) is 2. The molecule has 0 fully saturated rings. The minimum atomic E-state index is 0.0216. The minimum Gasteiger partial charge on any atom is -0.355 e. The number of halogens is 1. The first-order valence-electron chi connectivity index (χ1n) is 5.90. The van der Waals surface area contributed by atoms with Gasteiger partial charge in [0.2, 0.25) is 5.91 Å². The lowest BCUT2D eigenvalue weighted by molar-refractivity contribution is -0.118. The van der Waals surface area contributed by atoms with Crippen LogP contribution < -0.4 is 10.6 Å². The van der Waals surface area contributed by atoms with Crippen LogP contribution in [0.2, 0.25) is 5.02 Å². The molecule has 2 N–H and O–H groups in total. The number of rotatable bonds is 4. The second-order valence-electron chi connectivity index (χ2n) is 4.46. The van der Waals surface area contributed by atoms with Crippen LogP contribution in [0.15, 0.2) is 18.2 Å². The number of hydrogen-bond donors (Lipinski definition) is 2. The molecule has 0 saturated carbocycles. The average molecular weight is 253 g/mol. The van der Waals surface area contributed by atoms with Crippen molar-refractivity contribution in [1.82, 2.24) is 10.6 Å². The molecule has 0 aliphatic heterocycles. The third-order valence-electron chi connectivity index (χ3n) is 3.03. The van der Waals surface area contributed by atoms with Gasteiger partial charge in [-0.05, 0) is 36.1 Å². The van der Waals surface area contributed by atoms with Gasteiger partial charge in [0.15, 0.2) is 0 Å². The van der Waals surface area contributed by atoms with Gasteiger partial charge in [-0.3, -0.25) is 4.79 Å². The van der Waals surface area contributed by atoms with Crippen molar-refractivity contribution in [1.29, 1.82) is 0 Å². The Morgan fingerprint density at radius 2 is 2.12 bits per heavy atom. The molecular formula is C13H17ClN2O. The second kappa shape index (κ2) is 5.52. The van der Waals surface area contributed by atoms with Crippen LogP contribution in [0.25, 0.3) is 0 Å². The maximum absolute atomic E-state index is 10.7. The SMILES string of the molecule is CC(=O)NCCNC1Cc2ccc(Cl)cc2C1. The molecule has 1 aromatic rings. The standard InChI is InChI=1S/C13H17ClN2O/c1-9(17)15-4-5-16-13-7-10-2-3-12(14)6-11(10)8-13/h2-3,6,13,16H,4-5,7-8H2,1H3,(H,15,17). The van der Waals surface area contributed by atoms with Gasteiger partial charge in [-0.25, -0.2) is 0 Å². The van der Waals surface area contributed by atoms with Crippen LogP contribution in [0.5, 0.6) is 0 Å². The Morgan fingerprint density at radius 1 is 1.35 bits per heavy atom. The van der Waals surface area contributed by atoms with Crippen LogP contribution >= 0.6 is 11.6 Å². The van der Waals surface area contributed by atoms with Gasteiger partial charge in [0, 0.05) is 31.1 Å². The summed E-state index contributed by atoms with van der Waals surface area (Å²) < 4.78 is 0. The molecule has 1 aromatic carbocycles. The van der Waals surface area contributed by atoms with Gasteiger partial charge in [-0.2, -0.15) is 0 Å².